The van der Waals surface area contributed by atoms with E-state index in [9.17, 15) is 4.79 Å². The van der Waals surface area contributed by atoms with Crippen LogP contribution in [0, 0.1) is 5.92 Å². The minimum Gasteiger partial charge on any atom is -0.491 e. The summed E-state index contributed by atoms with van der Waals surface area (Å²) in [7, 11) is 0. The third-order valence-corrected chi connectivity index (χ3v) is 4.46. The highest BCUT2D eigenvalue weighted by molar-refractivity contribution is 5.89. The molecule has 0 aromatic heterocycles. The maximum atomic E-state index is 12.0. The Balaban J connectivity index is 1.77. The van der Waals surface area contributed by atoms with Crippen molar-refractivity contribution in [3.8, 4) is 5.75 Å². The number of amides is 2. The molecular formula is C18H28N2O3. The van der Waals surface area contributed by atoms with Crippen molar-refractivity contribution in [3.63, 3.8) is 0 Å². The van der Waals surface area contributed by atoms with Crippen LogP contribution in [0.15, 0.2) is 24.3 Å². The summed E-state index contributed by atoms with van der Waals surface area (Å²) >= 11 is 0. The van der Waals surface area contributed by atoms with Crippen LogP contribution < -0.4 is 15.4 Å². The number of hydrogen-bond donors (Lipinski definition) is 3. The zero-order valence-corrected chi connectivity index (χ0v) is 14.0. The minimum absolute atomic E-state index is 0.173. The largest absolute Gasteiger partial charge is 0.491 e. The van der Waals surface area contributed by atoms with Crippen LogP contribution in [0.4, 0.5) is 10.5 Å². The van der Waals surface area contributed by atoms with Gasteiger partial charge in [-0.25, -0.2) is 4.79 Å². The van der Waals surface area contributed by atoms with Gasteiger partial charge < -0.3 is 20.5 Å². The fourth-order valence-corrected chi connectivity index (χ4v) is 2.77. The first kappa shape index (κ1) is 17.6. The van der Waals surface area contributed by atoms with E-state index < -0.39 is 0 Å². The molecule has 128 valence electrons. The number of carbonyl (C=O) groups excluding carboxylic acids is 1. The molecule has 5 heteroatoms. The summed E-state index contributed by atoms with van der Waals surface area (Å²) in [6.45, 7) is 4.37. The maximum absolute atomic E-state index is 12.0. The quantitative estimate of drug-likeness (QED) is 0.751. The van der Waals surface area contributed by atoms with E-state index >= 15 is 0 Å². The van der Waals surface area contributed by atoms with Crippen molar-refractivity contribution >= 4 is 11.7 Å². The molecule has 1 aliphatic carbocycles. The number of aliphatic hydroxyl groups is 1. The highest BCUT2D eigenvalue weighted by atomic mass is 16.5. The second kappa shape index (κ2) is 8.77. The van der Waals surface area contributed by atoms with Gasteiger partial charge in [-0.1, -0.05) is 6.92 Å². The fourth-order valence-electron chi connectivity index (χ4n) is 2.77. The van der Waals surface area contributed by atoms with Gasteiger partial charge in [0.1, 0.15) is 5.75 Å². The van der Waals surface area contributed by atoms with Crippen LogP contribution in [0.1, 0.15) is 46.0 Å². The van der Waals surface area contributed by atoms with Crippen LogP contribution in [0.25, 0.3) is 0 Å². The molecule has 1 aromatic carbocycles. The Kier molecular flexibility index (Phi) is 6.71. The molecule has 23 heavy (non-hydrogen) atoms. The van der Waals surface area contributed by atoms with Crippen LogP contribution in [-0.2, 0) is 0 Å². The second-order valence-electron chi connectivity index (χ2n) is 6.36. The topological polar surface area (TPSA) is 70.6 Å². The Morgan fingerprint density at radius 3 is 2.48 bits per heavy atom. The zero-order valence-electron chi connectivity index (χ0n) is 14.0. The molecule has 0 radical (unpaired) electrons. The first-order valence-corrected chi connectivity index (χ1v) is 8.55. The molecule has 0 bridgehead atoms. The first-order valence-electron chi connectivity index (χ1n) is 8.55. The summed E-state index contributed by atoms with van der Waals surface area (Å²) in [5, 5.41) is 15.0. The van der Waals surface area contributed by atoms with E-state index in [0.717, 1.165) is 43.5 Å². The number of aliphatic hydroxyl groups excluding tert-OH is 1. The Morgan fingerprint density at radius 2 is 1.91 bits per heavy atom. The third kappa shape index (κ3) is 5.75. The molecule has 1 aliphatic rings. The lowest BCUT2D eigenvalue weighted by molar-refractivity contribution is 0.176. The third-order valence-electron chi connectivity index (χ3n) is 4.46. The van der Waals surface area contributed by atoms with Crippen molar-refractivity contribution in [2.45, 2.75) is 58.1 Å². The summed E-state index contributed by atoms with van der Waals surface area (Å²) in [6, 6.07) is 7.46. The second-order valence-corrected chi connectivity index (χ2v) is 6.36. The van der Waals surface area contributed by atoms with Gasteiger partial charge >= 0.3 is 6.03 Å². The average Bonchev–Trinajstić information content (AvgIpc) is 2.57. The molecule has 2 rings (SSSR count). The van der Waals surface area contributed by atoms with Crippen molar-refractivity contribution < 1.29 is 14.6 Å². The highest BCUT2D eigenvalue weighted by Gasteiger charge is 2.21. The lowest BCUT2D eigenvalue weighted by Gasteiger charge is -2.27. The molecule has 0 heterocycles. The van der Waals surface area contributed by atoms with Gasteiger partial charge in [-0.3, -0.25) is 0 Å². The monoisotopic (exact) mass is 320 g/mol. The summed E-state index contributed by atoms with van der Waals surface area (Å²) in [5.74, 6) is 1.21. The summed E-state index contributed by atoms with van der Waals surface area (Å²) in [4.78, 5) is 12.0. The number of carbonyl (C=O) groups is 1. The molecular weight excluding hydrogens is 292 g/mol. The highest BCUT2D eigenvalue weighted by Crippen LogP contribution is 2.24. The van der Waals surface area contributed by atoms with E-state index in [-0.39, 0.29) is 24.8 Å². The van der Waals surface area contributed by atoms with Crippen molar-refractivity contribution in [3.05, 3.63) is 24.3 Å². The van der Waals surface area contributed by atoms with E-state index in [1.54, 1.807) is 0 Å². The molecule has 0 aliphatic heterocycles. The van der Waals surface area contributed by atoms with Crippen LogP contribution in [0.2, 0.25) is 0 Å². The molecule has 0 saturated heterocycles. The van der Waals surface area contributed by atoms with Crippen molar-refractivity contribution in [2.75, 3.05) is 11.9 Å². The van der Waals surface area contributed by atoms with Gasteiger partial charge in [0.15, 0.2) is 0 Å². The van der Waals surface area contributed by atoms with Crippen molar-refractivity contribution in [1.82, 2.24) is 5.32 Å². The SMILES string of the molecule is CCC(C)Oc1ccc(NC(=O)NC2CCC(CO)CC2)cc1. The summed E-state index contributed by atoms with van der Waals surface area (Å²) in [5.41, 5.74) is 0.753. The van der Waals surface area contributed by atoms with Crippen molar-refractivity contribution in [2.24, 2.45) is 5.92 Å². The van der Waals surface area contributed by atoms with Gasteiger partial charge in [0.05, 0.1) is 6.10 Å². The zero-order chi connectivity index (χ0) is 16.7. The molecule has 0 spiro atoms. The predicted molar refractivity (Wildman–Crippen MR) is 91.8 cm³/mol. The van der Waals surface area contributed by atoms with E-state index in [4.69, 9.17) is 9.84 Å². The van der Waals surface area contributed by atoms with Gasteiger partial charge in [-0.05, 0) is 69.2 Å². The minimum atomic E-state index is -0.173. The molecule has 5 nitrogen and oxygen atoms in total. The van der Waals surface area contributed by atoms with E-state index in [1.165, 1.54) is 0 Å². The lowest BCUT2D eigenvalue weighted by atomic mass is 9.87. The number of benzene rings is 1. The summed E-state index contributed by atoms with van der Waals surface area (Å²) < 4.78 is 5.72. The smallest absolute Gasteiger partial charge is 0.319 e. The average molecular weight is 320 g/mol. The number of hydrogen-bond acceptors (Lipinski definition) is 3. The number of urea groups is 1. The van der Waals surface area contributed by atoms with Crippen molar-refractivity contribution in [1.29, 1.82) is 0 Å². The molecule has 2 amide bonds. The van der Waals surface area contributed by atoms with Crippen LogP contribution >= 0.6 is 0 Å². The Bertz CT molecular complexity index is 482. The van der Waals surface area contributed by atoms with Crippen LogP contribution in [-0.4, -0.2) is 29.9 Å². The number of nitrogens with one attached hydrogen (secondary N) is 2. The number of ether oxygens (including phenoxy) is 1. The molecule has 1 unspecified atom stereocenters. The predicted octanol–water partition coefficient (Wildman–Crippen LogP) is 3.54. The molecule has 3 N–H and O–H groups in total. The van der Waals surface area contributed by atoms with E-state index in [0.29, 0.717) is 5.92 Å². The molecule has 1 fully saturated rings. The van der Waals surface area contributed by atoms with Crippen LogP contribution in [0.3, 0.4) is 0 Å². The molecule has 1 atom stereocenters. The lowest BCUT2D eigenvalue weighted by Crippen LogP contribution is -2.40. The Labute approximate surface area is 138 Å². The van der Waals surface area contributed by atoms with Crippen LogP contribution in [0.5, 0.6) is 5.75 Å². The number of anilines is 1. The Hall–Kier alpha value is -1.75. The summed E-state index contributed by atoms with van der Waals surface area (Å²) in [6.07, 6.45) is 4.96. The van der Waals surface area contributed by atoms with Gasteiger partial charge in [0.25, 0.3) is 0 Å². The Morgan fingerprint density at radius 1 is 1.26 bits per heavy atom. The van der Waals surface area contributed by atoms with E-state index in [2.05, 4.69) is 17.6 Å². The van der Waals surface area contributed by atoms with Gasteiger partial charge in [-0.2, -0.15) is 0 Å². The van der Waals surface area contributed by atoms with Gasteiger partial charge in [0, 0.05) is 18.3 Å². The number of rotatable bonds is 6. The first-order chi connectivity index (χ1) is 11.1. The van der Waals surface area contributed by atoms with Gasteiger partial charge in [-0.15, -0.1) is 0 Å². The fraction of sp³-hybridized carbons (Fsp3) is 0.611. The standard InChI is InChI=1S/C18H28N2O3/c1-3-13(2)23-17-10-8-16(9-11-17)20-18(22)19-15-6-4-14(12-21)5-7-15/h8-11,13-15,21H,3-7,12H2,1-2H3,(H2,19,20,22). The molecule has 1 saturated carbocycles. The normalized spacial score (nSPS) is 22.2. The maximum Gasteiger partial charge on any atom is 0.319 e. The molecule has 1 aromatic rings. The van der Waals surface area contributed by atoms with E-state index in [1.807, 2.05) is 31.2 Å². The van der Waals surface area contributed by atoms with Gasteiger partial charge in [0.2, 0.25) is 0 Å².